The minimum absolute atomic E-state index is 0.243. The van der Waals surface area contributed by atoms with Crippen LogP contribution in [0.25, 0.3) is 0 Å². The van der Waals surface area contributed by atoms with Crippen LogP contribution in [0.2, 0.25) is 0 Å². The Balaban J connectivity index is 3.09. The summed E-state index contributed by atoms with van der Waals surface area (Å²) >= 11 is 0. The second kappa shape index (κ2) is 5.27. The number of carbonyl (C=O) groups is 1. The second-order valence-corrected chi connectivity index (χ2v) is 6.31. The SMILES string of the molecule is C=CC(=O)OC12CC(F)(CF)C(F)(F)C(F)(C(F)(F)C(O)(F)C1(F)F)C2(F)F. The standard InChI is InChI=1S/C13H8F12O3/c1-2-5(26)28-7-3-6(15,4-14)9(17,18)8(16,10(7,19)20)12(23,24)13(25,27)11(7,21)22/h2,27H,1,3-4H2. The van der Waals surface area contributed by atoms with Gasteiger partial charge in [0.15, 0.2) is 0 Å². The first kappa shape index (κ1) is 22.6. The Kier molecular flexibility index (Phi) is 4.26. The molecule has 3 nitrogen and oxygen atoms in total. The molecule has 0 spiro atoms. The Morgan fingerprint density at radius 2 is 1.36 bits per heavy atom. The number of rotatable bonds is 3. The van der Waals surface area contributed by atoms with Gasteiger partial charge in [0.1, 0.15) is 6.67 Å². The fraction of sp³-hybridized carbons (Fsp3) is 0.769. The van der Waals surface area contributed by atoms with Crippen molar-refractivity contribution in [3.8, 4) is 0 Å². The molecule has 1 N–H and O–H groups in total. The van der Waals surface area contributed by atoms with Crippen molar-refractivity contribution in [1.29, 1.82) is 0 Å². The van der Waals surface area contributed by atoms with Gasteiger partial charge in [0.2, 0.25) is 5.67 Å². The molecule has 15 heteroatoms. The average molecular weight is 440 g/mol. The molecule has 2 bridgehead atoms. The first-order chi connectivity index (χ1) is 12.2. The van der Waals surface area contributed by atoms with Crippen molar-refractivity contribution in [3.05, 3.63) is 12.7 Å². The van der Waals surface area contributed by atoms with Crippen LogP contribution in [-0.4, -0.2) is 64.2 Å². The van der Waals surface area contributed by atoms with E-state index >= 15 is 0 Å². The van der Waals surface area contributed by atoms with Gasteiger partial charge in [-0.3, -0.25) is 0 Å². The highest BCUT2D eigenvalue weighted by atomic mass is 19.3. The Bertz CT molecular complexity index is 722. The molecule has 0 heterocycles. The summed E-state index contributed by atoms with van der Waals surface area (Å²) in [6.45, 7) is -0.787. The Labute approximate surface area is 146 Å². The maximum Gasteiger partial charge on any atom is 0.357 e. The monoisotopic (exact) mass is 440 g/mol. The Hall–Kier alpha value is -1.67. The summed E-state index contributed by atoms with van der Waals surface area (Å²) in [5.41, 5.74) is -18.7. The molecule has 0 aromatic carbocycles. The number of carbonyl (C=O) groups excluding carboxylic acids is 1. The third kappa shape index (κ3) is 1.78. The third-order valence-electron chi connectivity index (χ3n) is 4.89. The zero-order valence-corrected chi connectivity index (χ0v) is 13.0. The largest absolute Gasteiger partial charge is 0.442 e. The lowest BCUT2D eigenvalue weighted by Gasteiger charge is -2.64. The van der Waals surface area contributed by atoms with E-state index in [0.717, 1.165) is 0 Å². The quantitative estimate of drug-likeness (QED) is 0.416. The summed E-state index contributed by atoms with van der Waals surface area (Å²) in [4.78, 5) is 11.2. The van der Waals surface area contributed by atoms with Gasteiger partial charge < -0.3 is 9.84 Å². The van der Waals surface area contributed by atoms with E-state index in [9.17, 15) is 57.5 Å². The molecule has 4 atom stereocenters. The van der Waals surface area contributed by atoms with Gasteiger partial charge in [0, 0.05) is 12.5 Å². The van der Waals surface area contributed by atoms with E-state index in [4.69, 9.17) is 5.11 Å². The van der Waals surface area contributed by atoms with E-state index in [0.29, 0.717) is 0 Å². The van der Waals surface area contributed by atoms with Gasteiger partial charge in [0.05, 0.1) is 0 Å². The van der Waals surface area contributed by atoms with Crippen LogP contribution in [0.1, 0.15) is 6.42 Å². The summed E-state index contributed by atoms with van der Waals surface area (Å²) in [5.74, 6) is -37.4. The topological polar surface area (TPSA) is 46.5 Å². The Morgan fingerprint density at radius 3 is 1.75 bits per heavy atom. The maximum atomic E-state index is 14.7. The molecule has 28 heavy (non-hydrogen) atoms. The number of aliphatic hydroxyl groups is 1. The van der Waals surface area contributed by atoms with Crippen LogP contribution in [-0.2, 0) is 9.53 Å². The molecule has 0 aromatic rings. The molecule has 2 aliphatic rings. The van der Waals surface area contributed by atoms with Gasteiger partial charge in [-0.25, -0.2) is 18.0 Å². The highest BCUT2D eigenvalue weighted by molar-refractivity contribution is 5.82. The van der Waals surface area contributed by atoms with Crippen LogP contribution in [0.15, 0.2) is 12.7 Å². The van der Waals surface area contributed by atoms with Crippen LogP contribution < -0.4 is 0 Å². The van der Waals surface area contributed by atoms with Crippen molar-refractivity contribution in [2.24, 2.45) is 0 Å². The minimum Gasteiger partial charge on any atom is -0.442 e. The molecule has 0 amide bonds. The summed E-state index contributed by atoms with van der Waals surface area (Å²) in [7, 11) is 0. The number of fused-ring (bicyclic) bond motifs is 2. The first-order valence-corrected chi connectivity index (χ1v) is 6.94. The zero-order valence-electron chi connectivity index (χ0n) is 13.0. The van der Waals surface area contributed by atoms with Crippen molar-refractivity contribution in [3.63, 3.8) is 0 Å². The fourth-order valence-electron chi connectivity index (χ4n) is 3.31. The van der Waals surface area contributed by atoms with Gasteiger partial charge in [-0.2, -0.15) is 39.5 Å². The summed E-state index contributed by atoms with van der Waals surface area (Å²) < 4.78 is 173. The number of halogens is 12. The number of esters is 1. The molecule has 0 aliphatic heterocycles. The van der Waals surface area contributed by atoms with E-state index in [1.165, 1.54) is 0 Å². The molecule has 162 valence electrons. The first-order valence-electron chi connectivity index (χ1n) is 6.94. The normalized spacial score (nSPS) is 45.2. The summed E-state index contributed by atoms with van der Waals surface area (Å²) in [5, 5.41) is 8.85. The zero-order chi connectivity index (χ0) is 22.4. The maximum absolute atomic E-state index is 14.7. The van der Waals surface area contributed by atoms with Crippen molar-refractivity contribution < 1.29 is 67.3 Å². The number of alkyl halides is 12. The molecule has 0 radical (unpaired) electrons. The molecular weight excluding hydrogens is 432 g/mol. The van der Waals surface area contributed by atoms with Gasteiger partial charge in [-0.05, 0) is 0 Å². The highest BCUT2D eigenvalue weighted by Crippen LogP contribution is 2.76. The summed E-state index contributed by atoms with van der Waals surface area (Å²) in [6, 6.07) is 0. The lowest BCUT2D eigenvalue weighted by molar-refractivity contribution is -0.534. The number of hydrogen-bond acceptors (Lipinski definition) is 3. The lowest BCUT2D eigenvalue weighted by atomic mass is 9.53. The molecule has 0 aromatic heterocycles. The number of hydrogen-bond donors (Lipinski definition) is 1. The van der Waals surface area contributed by atoms with E-state index in [-0.39, 0.29) is 6.08 Å². The molecule has 2 rings (SSSR count). The lowest BCUT2D eigenvalue weighted by Crippen LogP contribution is -2.96. The van der Waals surface area contributed by atoms with E-state index in [1.54, 1.807) is 0 Å². The molecule has 2 fully saturated rings. The highest BCUT2D eigenvalue weighted by Gasteiger charge is 3.08. The van der Waals surface area contributed by atoms with Crippen LogP contribution in [0.3, 0.4) is 0 Å². The summed E-state index contributed by atoms with van der Waals surface area (Å²) in [6.07, 6.45) is -3.63. The van der Waals surface area contributed by atoms with Crippen molar-refractivity contribution >= 4 is 5.97 Å². The van der Waals surface area contributed by atoms with Gasteiger partial charge in [-0.1, -0.05) is 6.58 Å². The molecule has 0 saturated heterocycles. The van der Waals surface area contributed by atoms with Crippen LogP contribution in [0, 0.1) is 0 Å². The van der Waals surface area contributed by atoms with E-state index in [2.05, 4.69) is 11.3 Å². The molecule has 4 unspecified atom stereocenters. The minimum atomic E-state index is -7.42. The molecular formula is C13H8F12O3. The van der Waals surface area contributed by atoms with Gasteiger partial charge in [0.25, 0.3) is 5.60 Å². The smallest absolute Gasteiger partial charge is 0.357 e. The molecule has 2 aliphatic carbocycles. The predicted molar refractivity (Wildman–Crippen MR) is 63.1 cm³/mol. The van der Waals surface area contributed by atoms with Crippen molar-refractivity contribution in [2.45, 2.75) is 52.9 Å². The van der Waals surface area contributed by atoms with Crippen molar-refractivity contribution in [1.82, 2.24) is 0 Å². The van der Waals surface area contributed by atoms with Gasteiger partial charge >= 0.3 is 41.2 Å². The molecule has 2 saturated carbocycles. The van der Waals surface area contributed by atoms with Crippen LogP contribution >= 0.6 is 0 Å². The van der Waals surface area contributed by atoms with Crippen LogP contribution in [0.4, 0.5) is 52.7 Å². The van der Waals surface area contributed by atoms with E-state index in [1.807, 2.05) is 0 Å². The van der Waals surface area contributed by atoms with E-state index < -0.39 is 65.5 Å². The van der Waals surface area contributed by atoms with Gasteiger partial charge in [-0.15, -0.1) is 0 Å². The van der Waals surface area contributed by atoms with Crippen molar-refractivity contribution in [2.75, 3.05) is 6.67 Å². The second-order valence-electron chi connectivity index (χ2n) is 6.31. The Morgan fingerprint density at radius 1 is 0.893 bits per heavy atom. The fourth-order valence-corrected chi connectivity index (χ4v) is 3.31. The number of ether oxygens (including phenoxy) is 1. The third-order valence-corrected chi connectivity index (χ3v) is 4.89. The average Bonchev–Trinajstić information content (AvgIpc) is 2.56. The predicted octanol–water partition coefficient (Wildman–Crippen LogP) is 3.46. The van der Waals surface area contributed by atoms with Crippen LogP contribution in [0.5, 0.6) is 0 Å².